The summed E-state index contributed by atoms with van der Waals surface area (Å²) in [4.78, 5) is 14.3. The van der Waals surface area contributed by atoms with E-state index in [0.29, 0.717) is 30.6 Å². The van der Waals surface area contributed by atoms with Gasteiger partial charge in [0.25, 0.3) is 0 Å². The van der Waals surface area contributed by atoms with Crippen molar-refractivity contribution in [2.75, 3.05) is 25.9 Å². The lowest BCUT2D eigenvalue weighted by molar-refractivity contribution is -0.133. The van der Waals surface area contributed by atoms with Crippen LogP contribution in [0, 0.1) is 11.8 Å². The number of carbonyl (C=O) groups excluding carboxylic acids is 1. The standard InChI is InChI=1S/C14H24N2O3S/c1-15-13-7-10-6-11(10)8-16(14(13)17)9-12-4-2-3-5-20(12,18)19/h10-13,15H,2-9H2,1H3. The molecule has 4 unspecified atom stereocenters. The lowest BCUT2D eigenvalue weighted by atomic mass is 10.1. The van der Waals surface area contributed by atoms with Gasteiger partial charge in [-0.15, -0.1) is 0 Å². The minimum Gasteiger partial charge on any atom is -0.340 e. The molecule has 1 amide bonds. The molecule has 3 aliphatic rings. The Kier molecular flexibility index (Phi) is 3.79. The number of nitrogens with zero attached hydrogens (tertiary/aromatic N) is 1. The van der Waals surface area contributed by atoms with E-state index < -0.39 is 9.84 Å². The Morgan fingerprint density at radius 1 is 1.25 bits per heavy atom. The van der Waals surface area contributed by atoms with Gasteiger partial charge < -0.3 is 10.2 Å². The fraction of sp³-hybridized carbons (Fsp3) is 0.929. The SMILES string of the molecule is CNC1CC2CC2CN(CC2CCCCS2(=O)=O)C1=O. The van der Waals surface area contributed by atoms with Gasteiger partial charge in [-0.3, -0.25) is 4.79 Å². The zero-order valence-corrected chi connectivity index (χ0v) is 12.9. The third-order valence-electron chi connectivity index (χ3n) is 5.16. The van der Waals surface area contributed by atoms with E-state index in [9.17, 15) is 13.2 Å². The number of carbonyl (C=O) groups is 1. The van der Waals surface area contributed by atoms with E-state index in [0.717, 1.165) is 25.8 Å². The van der Waals surface area contributed by atoms with Crippen LogP contribution in [0.5, 0.6) is 0 Å². The smallest absolute Gasteiger partial charge is 0.239 e. The molecule has 4 atom stereocenters. The van der Waals surface area contributed by atoms with Gasteiger partial charge >= 0.3 is 0 Å². The fourth-order valence-corrected chi connectivity index (χ4v) is 5.57. The Labute approximate surface area is 121 Å². The van der Waals surface area contributed by atoms with Crippen LogP contribution in [-0.2, 0) is 14.6 Å². The molecule has 2 heterocycles. The van der Waals surface area contributed by atoms with Gasteiger partial charge in [0.15, 0.2) is 9.84 Å². The largest absolute Gasteiger partial charge is 0.340 e. The van der Waals surface area contributed by atoms with E-state index in [2.05, 4.69) is 5.32 Å². The van der Waals surface area contributed by atoms with E-state index >= 15 is 0 Å². The molecule has 1 aliphatic carbocycles. The first-order valence-electron chi connectivity index (χ1n) is 7.69. The Balaban J connectivity index is 1.73. The third-order valence-corrected chi connectivity index (χ3v) is 7.42. The van der Waals surface area contributed by atoms with Crippen LogP contribution in [0.3, 0.4) is 0 Å². The van der Waals surface area contributed by atoms with Crippen molar-refractivity contribution in [3.05, 3.63) is 0 Å². The monoisotopic (exact) mass is 300 g/mol. The summed E-state index contributed by atoms with van der Waals surface area (Å²) in [7, 11) is -1.18. The number of fused-ring (bicyclic) bond motifs is 1. The number of rotatable bonds is 3. The van der Waals surface area contributed by atoms with Crippen LogP contribution in [0.2, 0.25) is 0 Å². The second kappa shape index (κ2) is 5.30. The lowest BCUT2D eigenvalue weighted by Crippen LogP contribution is -2.49. The second-order valence-electron chi connectivity index (χ2n) is 6.56. The number of likely N-dealkylation sites (N-methyl/N-ethyl adjacent to an activating group) is 1. The van der Waals surface area contributed by atoms with Crippen LogP contribution in [0.25, 0.3) is 0 Å². The highest BCUT2D eigenvalue weighted by Gasteiger charge is 2.46. The molecule has 0 spiro atoms. The maximum atomic E-state index is 12.5. The van der Waals surface area contributed by atoms with E-state index in [1.165, 1.54) is 6.42 Å². The summed E-state index contributed by atoms with van der Waals surface area (Å²) in [6.07, 6.45) is 4.56. The van der Waals surface area contributed by atoms with E-state index in [-0.39, 0.29) is 17.2 Å². The fourth-order valence-electron chi connectivity index (χ4n) is 3.70. The van der Waals surface area contributed by atoms with Gasteiger partial charge in [0, 0.05) is 13.1 Å². The first-order valence-corrected chi connectivity index (χ1v) is 9.40. The topological polar surface area (TPSA) is 66.5 Å². The maximum absolute atomic E-state index is 12.5. The minimum absolute atomic E-state index is 0.0977. The van der Waals surface area contributed by atoms with Crippen molar-refractivity contribution in [2.45, 2.75) is 43.4 Å². The van der Waals surface area contributed by atoms with Crippen molar-refractivity contribution < 1.29 is 13.2 Å². The molecule has 2 saturated heterocycles. The first-order chi connectivity index (χ1) is 9.51. The summed E-state index contributed by atoms with van der Waals surface area (Å²) in [5.41, 5.74) is 0. The summed E-state index contributed by atoms with van der Waals surface area (Å²) in [5, 5.41) is 2.76. The highest BCUT2D eigenvalue weighted by Crippen LogP contribution is 2.44. The van der Waals surface area contributed by atoms with E-state index in [1.807, 2.05) is 11.9 Å². The number of nitrogens with one attached hydrogen (secondary N) is 1. The van der Waals surface area contributed by atoms with Crippen LogP contribution in [0.4, 0.5) is 0 Å². The summed E-state index contributed by atoms with van der Waals surface area (Å²) in [5.74, 6) is 1.65. The zero-order valence-electron chi connectivity index (χ0n) is 12.0. The number of sulfone groups is 1. The molecule has 5 nitrogen and oxygen atoms in total. The summed E-state index contributed by atoms with van der Waals surface area (Å²) >= 11 is 0. The van der Waals surface area contributed by atoms with Gasteiger partial charge in [-0.05, 0) is 44.6 Å². The van der Waals surface area contributed by atoms with Crippen LogP contribution in [-0.4, -0.2) is 56.4 Å². The molecule has 3 fully saturated rings. The predicted molar refractivity (Wildman–Crippen MR) is 77.1 cm³/mol. The molecule has 20 heavy (non-hydrogen) atoms. The second-order valence-corrected chi connectivity index (χ2v) is 8.96. The van der Waals surface area contributed by atoms with E-state index in [4.69, 9.17) is 0 Å². The Hall–Kier alpha value is -0.620. The summed E-state index contributed by atoms with van der Waals surface area (Å²) in [6.45, 7) is 1.16. The highest BCUT2D eigenvalue weighted by molar-refractivity contribution is 7.92. The molecule has 0 radical (unpaired) electrons. The summed E-state index contributed by atoms with van der Waals surface area (Å²) < 4.78 is 24.3. The lowest BCUT2D eigenvalue weighted by Gasteiger charge is -2.31. The van der Waals surface area contributed by atoms with Crippen molar-refractivity contribution in [3.63, 3.8) is 0 Å². The molecule has 1 saturated carbocycles. The van der Waals surface area contributed by atoms with Gasteiger partial charge in [0.05, 0.1) is 17.0 Å². The number of amides is 1. The van der Waals surface area contributed by atoms with Gasteiger partial charge in [-0.1, -0.05) is 6.42 Å². The molecule has 0 aromatic heterocycles. The number of hydrogen-bond donors (Lipinski definition) is 1. The summed E-state index contributed by atoms with van der Waals surface area (Å²) in [6, 6.07) is -0.126. The average molecular weight is 300 g/mol. The molecule has 3 rings (SSSR count). The first kappa shape index (κ1) is 14.3. The minimum atomic E-state index is -3.00. The molecule has 1 N–H and O–H groups in total. The maximum Gasteiger partial charge on any atom is 0.239 e. The molecular formula is C14H24N2O3S. The van der Waals surface area contributed by atoms with Crippen molar-refractivity contribution in [3.8, 4) is 0 Å². The average Bonchev–Trinajstić information content (AvgIpc) is 3.14. The molecule has 114 valence electrons. The normalized spacial score (nSPS) is 40.0. The highest BCUT2D eigenvalue weighted by atomic mass is 32.2. The molecule has 2 aliphatic heterocycles. The van der Waals surface area contributed by atoms with Gasteiger partial charge in [-0.2, -0.15) is 0 Å². The van der Waals surface area contributed by atoms with E-state index in [1.54, 1.807) is 0 Å². The number of hydrogen-bond acceptors (Lipinski definition) is 4. The van der Waals surface area contributed by atoms with Crippen LogP contribution < -0.4 is 5.32 Å². The Morgan fingerprint density at radius 2 is 2.05 bits per heavy atom. The van der Waals surface area contributed by atoms with Gasteiger partial charge in [0.2, 0.25) is 5.91 Å². The van der Waals surface area contributed by atoms with Crippen LogP contribution in [0.1, 0.15) is 32.1 Å². The third kappa shape index (κ3) is 2.72. The quantitative estimate of drug-likeness (QED) is 0.820. The van der Waals surface area contributed by atoms with Crippen molar-refractivity contribution in [1.82, 2.24) is 10.2 Å². The molecule has 0 aromatic carbocycles. The Bertz CT molecular complexity index is 491. The van der Waals surface area contributed by atoms with Crippen molar-refractivity contribution in [1.29, 1.82) is 0 Å². The molecule has 0 aromatic rings. The van der Waals surface area contributed by atoms with Gasteiger partial charge in [0.1, 0.15) is 0 Å². The molecule has 0 bridgehead atoms. The van der Waals surface area contributed by atoms with Gasteiger partial charge in [-0.25, -0.2) is 8.42 Å². The molecule has 6 heteroatoms. The van der Waals surface area contributed by atoms with Crippen molar-refractivity contribution >= 4 is 15.7 Å². The van der Waals surface area contributed by atoms with Crippen LogP contribution >= 0.6 is 0 Å². The zero-order chi connectivity index (χ0) is 14.3. The number of likely N-dealkylation sites (tertiary alicyclic amines) is 1. The van der Waals surface area contributed by atoms with Crippen LogP contribution in [0.15, 0.2) is 0 Å². The Morgan fingerprint density at radius 3 is 2.75 bits per heavy atom. The predicted octanol–water partition coefficient (Wildman–Crippen LogP) is 0.410. The molecular weight excluding hydrogens is 276 g/mol. The van der Waals surface area contributed by atoms with Crippen molar-refractivity contribution in [2.24, 2.45) is 11.8 Å².